The van der Waals surface area contributed by atoms with Crippen molar-refractivity contribution in [2.24, 2.45) is 0 Å². The van der Waals surface area contributed by atoms with Crippen molar-refractivity contribution in [1.82, 2.24) is 20.1 Å². The Morgan fingerprint density at radius 2 is 2.39 bits per heavy atom. The number of hydrogen-bond acceptors (Lipinski definition) is 6. The molecule has 2 aromatic rings. The van der Waals surface area contributed by atoms with E-state index in [0.717, 1.165) is 29.3 Å². The number of rotatable bonds is 6. The van der Waals surface area contributed by atoms with Crippen LogP contribution in [0.1, 0.15) is 18.3 Å². The van der Waals surface area contributed by atoms with E-state index in [1.54, 1.807) is 17.8 Å². The number of hydrogen-bond donors (Lipinski definition) is 1. The molecule has 0 aliphatic rings. The first-order valence-electron chi connectivity index (χ1n) is 5.50. The van der Waals surface area contributed by atoms with Crippen molar-refractivity contribution in [1.29, 1.82) is 0 Å². The zero-order valence-electron chi connectivity index (χ0n) is 9.87. The summed E-state index contributed by atoms with van der Waals surface area (Å²) < 4.78 is 1.95. The van der Waals surface area contributed by atoms with Gasteiger partial charge < -0.3 is 9.88 Å². The Balaban J connectivity index is 1.86. The fourth-order valence-corrected chi connectivity index (χ4v) is 2.28. The second-order valence-electron chi connectivity index (χ2n) is 3.69. The van der Waals surface area contributed by atoms with Crippen LogP contribution in [-0.2, 0) is 19.6 Å². The average molecular weight is 267 g/mol. The predicted octanol–water partition coefficient (Wildman–Crippen LogP) is 1.56. The molecule has 0 spiro atoms. The zero-order chi connectivity index (χ0) is 13.0. The molecule has 8 heteroatoms. The van der Waals surface area contributed by atoms with E-state index in [1.165, 1.54) is 0 Å². The lowest BCUT2D eigenvalue weighted by atomic mass is 10.3. The van der Waals surface area contributed by atoms with Gasteiger partial charge in [0.25, 0.3) is 0 Å². The molecule has 0 unspecified atom stereocenters. The average Bonchev–Trinajstić information content (AvgIpc) is 2.97. The van der Waals surface area contributed by atoms with Crippen LogP contribution in [0.4, 0.5) is 5.00 Å². The lowest BCUT2D eigenvalue weighted by molar-refractivity contribution is -0.380. The molecular formula is C10H13N5O2S. The van der Waals surface area contributed by atoms with E-state index in [4.69, 9.17) is 0 Å². The summed E-state index contributed by atoms with van der Waals surface area (Å²) in [4.78, 5) is 10.2. The first-order valence-corrected chi connectivity index (χ1v) is 6.38. The van der Waals surface area contributed by atoms with Crippen LogP contribution in [0.2, 0.25) is 0 Å². The number of aryl methyl sites for hydroxylation is 1. The van der Waals surface area contributed by atoms with Gasteiger partial charge in [0.15, 0.2) is 0 Å². The summed E-state index contributed by atoms with van der Waals surface area (Å²) in [5, 5.41) is 23.5. The Morgan fingerprint density at radius 1 is 1.56 bits per heavy atom. The van der Waals surface area contributed by atoms with Gasteiger partial charge in [0, 0.05) is 24.5 Å². The third kappa shape index (κ3) is 2.90. The van der Waals surface area contributed by atoms with Crippen LogP contribution in [-0.4, -0.2) is 19.7 Å². The van der Waals surface area contributed by atoms with Gasteiger partial charge in [0.1, 0.15) is 12.2 Å². The van der Waals surface area contributed by atoms with E-state index in [2.05, 4.69) is 15.5 Å². The molecular weight excluding hydrogens is 254 g/mol. The van der Waals surface area contributed by atoms with Crippen LogP contribution >= 0.6 is 11.3 Å². The maximum Gasteiger partial charge on any atom is 0.324 e. The van der Waals surface area contributed by atoms with Gasteiger partial charge in [-0.2, -0.15) is 0 Å². The fourth-order valence-electron chi connectivity index (χ4n) is 1.55. The van der Waals surface area contributed by atoms with Crippen molar-refractivity contribution >= 4 is 16.3 Å². The normalized spacial score (nSPS) is 10.7. The summed E-state index contributed by atoms with van der Waals surface area (Å²) in [6, 6.07) is 1.59. The quantitative estimate of drug-likeness (QED) is 0.634. The minimum atomic E-state index is -0.373. The molecule has 0 aliphatic carbocycles. The molecule has 0 bridgehead atoms. The monoisotopic (exact) mass is 267 g/mol. The smallest absolute Gasteiger partial charge is 0.317 e. The summed E-state index contributed by atoms with van der Waals surface area (Å²) in [7, 11) is 0. The molecule has 0 saturated carbocycles. The molecule has 0 aliphatic heterocycles. The molecule has 18 heavy (non-hydrogen) atoms. The van der Waals surface area contributed by atoms with Crippen molar-refractivity contribution in [3.8, 4) is 0 Å². The topological polar surface area (TPSA) is 85.9 Å². The van der Waals surface area contributed by atoms with E-state index in [1.807, 2.05) is 11.5 Å². The largest absolute Gasteiger partial charge is 0.324 e. The Bertz CT molecular complexity index is 536. The second kappa shape index (κ2) is 5.69. The molecule has 0 amide bonds. The highest BCUT2D eigenvalue weighted by Crippen LogP contribution is 2.22. The van der Waals surface area contributed by atoms with E-state index >= 15 is 0 Å². The van der Waals surface area contributed by atoms with Crippen molar-refractivity contribution < 1.29 is 4.92 Å². The Morgan fingerprint density at radius 3 is 3.06 bits per heavy atom. The van der Waals surface area contributed by atoms with E-state index in [9.17, 15) is 10.1 Å². The number of nitro groups is 1. The summed E-state index contributed by atoms with van der Waals surface area (Å²) in [5.41, 5.74) is 0.911. The highest BCUT2D eigenvalue weighted by Gasteiger charge is 2.09. The molecule has 0 aromatic carbocycles. The molecule has 2 aromatic heterocycles. The Hall–Kier alpha value is -1.80. The lowest BCUT2D eigenvalue weighted by Gasteiger charge is -2.04. The number of nitrogens with zero attached hydrogens (tertiary/aromatic N) is 4. The van der Waals surface area contributed by atoms with Crippen molar-refractivity contribution in [3.05, 3.63) is 39.3 Å². The lowest BCUT2D eigenvalue weighted by Crippen LogP contribution is -2.16. The molecule has 1 N–H and O–H groups in total. The first kappa shape index (κ1) is 12.7. The van der Waals surface area contributed by atoms with Crippen molar-refractivity contribution in [2.45, 2.75) is 26.6 Å². The second-order valence-corrected chi connectivity index (χ2v) is 4.58. The molecule has 0 atom stereocenters. The number of thiophene rings is 1. The van der Waals surface area contributed by atoms with Crippen LogP contribution in [0.3, 0.4) is 0 Å². The molecule has 0 saturated heterocycles. The van der Waals surface area contributed by atoms with E-state index in [-0.39, 0.29) is 9.92 Å². The van der Waals surface area contributed by atoms with Gasteiger partial charge in [-0.05, 0) is 12.5 Å². The molecule has 0 radical (unpaired) electrons. The SMILES string of the molecule is CCn1cnnc1CNCc1csc([N+](=O)[O-])c1. The Kier molecular flexibility index (Phi) is 4.00. The predicted molar refractivity (Wildman–Crippen MR) is 67.2 cm³/mol. The molecule has 2 rings (SSSR count). The molecule has 2 heterocycles. The third-order valence-electron chi connectivity index (χ3n) is 2.47. The maximum absolute atomic E-state index is 10.5. The van der Waals surface area contributed by atoms with Crippen molar-refractivity contribution in [3.63, 3.8) is 0 Å². The van der Waals surface area contributed by atoms with Gasteiger partial charge in [-0.1, -0.05) is 11.3 Å². The summed E-state index contributed by atoms with van der Waals surface area (Å²) in [6.07, 6.45) is 1.69. The van der Waals surface area contributed by atoms with Gasteiger partial charge in [-0.25, -0.2) is 0 Å². The fraction of sp³-hybridized carbons (Fsp3) is 0.400. The van der Waals surface area contributed by atoms with Gasteiger partial charge in [0.2, 0.25) is 0 Å². The van der Waals surface area contributed by atoms with Crippen LogP contribution in [0, 0.1) is 10.1 Å². The molecule has 96 valence electrons. The highest BCUT2D eigenvalue weighted by atomic mass is 32.1. The number of aromatic nitrogens is 3. The van der Waals surface area contributed by atoms with Crippen LogP contribution in [0.5, 0.6) is 0 Å². The maximum atomic E-state index is 10.5. The minimum absolute atomic E-state index is 0.170. The standard InChI is InChI=1S/C10H13N5O2S/c1-2-14-7-12-13-9(14)5-11-4-8-3-10(15(16)17)18-6-8/h3,6-7,11H,2,4-5H2,1H3. The highest BCUT2D eigenvalue weighted by molar-refractivity contribution is 7.13. The van der Waals surface area contributed by atoms with E-state index < -0.39 is 0 Å². The molecule has 7 nitrogen and oxygen atoms in total. The first-order chi connectivity index (χ1) is 8.70. The van der Waals surface area contributed by atoms with Crippen LogP contribution in [0.25, 0.3) is 0 Å². The van der Waals surface area contributed by atoms with Crippen LogP contribution < -0.4 is 5.32 Å². The zero-order valence-corrected chi connectivity index (χ0v) is 10.7. The third-order valence-corrected chi connectivity index (χ3v) is 3.40. The van der Waals surface area contributed by atoms with Gasteiger partial charge in [0.05, 0.1) is 11.5 Å². The minimum Gasteiger partial charge on any atom is -0.317 e. The van der Waals surface area contributed by atoms with Gasteiger partial charge in [-0.3, -0.25) is 10.1 Å². The van der Waals surface area contributed by atoms with Crippen molar-refractivity contribution in [2.75, 3.05) is 0 Å². The summed E-state index contributed by atoms with van der Waals surface area (Å²) >= 11 is 1.14. The van der Waals surface area contributed by atoms with E-state index in [0.29, 0.717) is 13.1 Å². The molecule has 0 fully saturated rings. The number of nitrogens with one attached hydrogen (secondary N) is 1. The van der Waals surface area contributed by atoms with Gasteiger partial charge in [-0.15, -0.1) is 10.2 Å². The van der Waals surface area contributed by atoms with Crippen LogP contribution in [0.15, 0.2) is 17.8 Å². The summed E-state index contributed by atoms with van der Waals surface area (Å²) in [6.45, 7) is 4.03. The Labute approximate surface area is 108 Å². The summed E-state index contributed by atoms with van der Waals surface area (Å²) in [5.74, 6) is 0.863. The van der Waals surface area contributed by atoms with Gasteiger partial charge >= 0.3 is 5.00 Å².